The molecule has 0 fully saturated rings. The molecule has 0 aliphatic heterocycles. The molecule has 0 radical (unpaired) electrons. The van der Waals surface area contributed by atoms with Gasteiger partial charge in [-0.1, -0.05) is 12.1 Å². The first-order chi connectivity index (χ1) is 11.2. The Kier molecular flexibility index (Phi) is 5.44. The van der Waals surface area contributed by atoms with E-state index in [0.717, 1.165) is 17.1 Å². The van der Waals surface area contributed by atoms with Crippen molar-refractivity contribution < 1.29 is 9.53 Å². The third-order valence-electron chi connectivity index (χ3n) is 3.02. The van der Waals surface area contributed by atoms with Crippen molar-refractivity contribution in [3.05, 3.63) is 48.3 Å². The van der Waals surface area contributed by atoms with E-state index in [1.165, 1.54) is 0 Å². The Morgan fingerprint density at radius 2 is 1.88 bits per heavy atom. The number of amides is 1. The molecule has 5 heteroatoms. The molecule has 0 atom stereocenters. The van der Waals surface area contributed by atoms with Gasteiger partial charge in [-0.15, -0.1) is 0 Å². The normalized spacial score (nSPS) is 11.2. The minimum Gasteiger partial charge on any atom is -0.489 e. The SMILES string of the molecule is CC(C)Oc1ccccc1Nc1cncc(C(=O)NC(C)(C)C)c1. The Morgan fingerprint density at radius 1 is 1.17 bits per heavy atom. The number of aromatic nitrogens is 1. The molecule has 0 aliphatic rings. The Bertz CT molecular complexity index is 706. The highest BCUT2D eigenvalue weighted by Crippen LogP contribution is 2.28. The van der Waals surface area contributed by atoms with Crippen LogP contribution in [0.3, 0.4) is 0 Å². The molecule has 1 aromatic carbocycles. The number of nitrogens with one attached hydrogen (secondary N) is 2. The van der Waals surface area contributed by atoms with Gasteiger partial charge in [0.15, 0.2) is 0 Å². The zero-order valence-corrected chi connectivity index (χ0v) is 14.9. The lowest BCUT2D eigenvalue weighted by Gasteiger charge is -2.20. The van der Waals surface area contributed by atoms with Gasteiger partial charge >= 0.3 is 0 Å². The Hall–Kier alpha value is -2.56. The van der Waals surface area contributed by atoms with Gasteiger partial charge in [0, 0.05) is 11.7 Å². The number of rotatable bonds is 5. The van der Waals surface area contributed by atoms with Crippen LogP contribution in [0.4, 0.5) is 11.4 Å². The van der Waals surface area contributed by atoms with Crippen molar-refractivity contribution in [3.8, 4) is 5.75 Å². The van der Waals surface area contributed by atoms with Gasteiger partial charge in [-0.25, -0.2) is 0 Å². The zero-order valence-electron chi connectivity index (χ0n) is 14.9. The first-order valence-corrected chi connectivity index (χ1v) is 8.05. The highest BCUT2D eigenvalue weighted by molar-refractivity contribution is 5.95. The van der Waals surface area contributed by atoms with E-state index in [4.69, 9.17) is 4.74 Å². The van der Waals surface area contributed by atoms with Crippen LogP contribution in [-0.2, 0) is 0 Å². The molecule has 1 aromatic heterocycles. The van der Waals surface area contributed by atoms with E-state index in [1.54, 1.807) is 18.5 Å². The van der Waals surface area contributed by atoms with Crippen molar-refractivity contribution in [1.29, 1.82) is 0 Å². The van der Waals surface area contributed by atoms with Crippen molar-refractivity contribution in [2.75, 3.05) is 5.32 Å². The summed E-state index contributed by atoms with van der Waals surface area (Å²) in [5.74, 6) is 0.613. The molecule has 0 saturated heterocycles. The topological polar surface area (TPSA) is 63.2 Å². The quantitative estimate of drug-likeness (QED) is 0.866. The molecule has 1 amide bonds. The number of carbonyl (C=O) groups is 1. The molecule has 24 heavy (non-hydrogen) atoms. The number of anilines is 2. The molecule has 5 nitrogen and oxygen atoms in total. The second kappa shape index (κ2) is 7.34. The van der Waals surface area contributed by atoms with Crippen molar-refractivity contribution in [1.82, 2.24) is 10.3 Å². The zero-order chi connectivity index (χ0) is 17.7. The molecular formula is C19H25N3O2. The monoisotopic (exact) mass is 327 g/mol. The number of pyridine rings is 1. The molecule has 0 aliphatic carbocycles. The van der Waals surface area contributed by atoms with Crippen LogP contribution in [0.2, 0.25) is 0 Å². The number of benzene rings is 1. The van der Waals surface area contributed by atoms with E-state index >= 15 is 0 Å². The molecule has 1 heterocycles. The molecule has 2 aromatic rings. The molecule has 0 bridgehead atoms. The lowest BCUT2D eigenvalue weighted by atomic mass is 10.1. The summed E-state index contributed by atoms with van der Waals surface area (Å²) >= 11 is 0. The van der Waals surface area contributed by atoms with Crippen molar-refractivity contribution in [3.63, 3.8) is 0 Å². The molecule has 128 valence electrons. The van der Waals surface area contributed by atoms with Gasteiger partial charge in [-0.2, -0.15) is 0 Å². The molecule has 2 rings (SSSR count). The van der Waals surface area contributed by atoms with Gasteiger partial charge in [0.05, 0.1) is 29.2 Å². The van der Waals surface area contributed by atoms with E-state index in [0.29, 0.717) is 5.56 Å². The summed E-state index contributed by atoms with van der Waals surface area (Å²) in [4.78, 5) is 16.4. The van der Waals surface area contributed by atoms with Crippen molar-refractivity contribution in [2.45, 2.75) is 46.3 Å². The summed E-state index contributed by atoms with van der Waals surface area (Å²) in [6.45, 7) is 9.80. The third-order valence-corrected chi connectivity index (χ3v) is 3.02. The summed E-state index contributed by atoms with van der Waals surface area (Å²) in [7, 11) is 0. The number of nitrogens with zero attached hydrogens (tertiary/aromatic N) is 1. The van der Waals surface area contributed by atoms with Gasteiger partial charge < -0.3 is 15.4 Å². The lowest BCUT2D eigenvalue weighted by molar-refractivity contribution is 0.0919. The molecule has 0 spiro atoms. The maximum atomic E-state index is 12.3. The highest BCUT2D eigenvalue weighted by atomic mass is 16.5. The number of para-hydroxylation sites is 2. The predicted octanol–water partition coefficient (Wildman–Crippen LogP) is 4.14. The number of ether oxygens (including phenoxy) is 1. The standard InChI is InChI=1S/C19H25N3O2/c1-13(2)24-17-9-7-6-8-16(17)21-15-10-14(11-20-12-15)18(23)22-19(3,4)5/h6-13,21H,1-5H3,(H,22,23). The summed E-state index contributed by atoms with van der Waals surface area (Å²) in [6.07, 6.45) is 3.32. The highest BCUT2D eigenvalue weighted by Gasteiger charge is 2.16. The average Bonchev–Trinajstić information content (AvgIpc) is 2.47. The van der Waals surface area contributed by atoms with Gasteiger partial charge in [0.25, 0.3) is 5.91 Å². The minimum atomic E-state index is -0.293. The molecule has 0 unspecified atom stereocenters. The fourth-order valence-corrected chi connectivity index (χ4v) is 2.13. The van der Waals surface area contributed by atoms with Crippen LogP contribution in [0.25, 0.3) is 0 Å². The Labute approximate surface area is 143 Å². The molecule has 0 saturated carbocycles. The van der Waals surface area contributed by atoms with Crippen LogP contribution < -0.4 is 15.4 Å². The smallest absolute Gasteiger partial charge is 0.253 e. The van der Waals surface area contributed by atoms with E-state index in [-0.39, 0.29) is 17.6 Å². The Balaban J connectivity index is 2.20. The van der Waals surface area contributed by atoms with Crippen molar-refractivity contribution in [2.24, 2.45) is 0 Å². The van der Waals surface area contributed by atoms with Crippen LogP contribution >= 0.6 is 0 Å². The average molecular weight is 327 g/mol. The number of hydrogen-bond donors (Lipinski definition) is 2. The lowest BCUT2D eigenvalue weighted by Crippen LogP contribution is -2.40. The van der Waals surface area contributed by atoms with Gasteiger partial charge in [-0.05, 0) is 52.8 Å². The fourth-order valence-electron chi connectivity index (χ4n) is 2.13. The van der Waals surface area contributed by atoms with E-state index in [9.17, 15) is 4.79 Å². The van der Waals surface area contributed by atoms with Crippen LogP contribution in [0.1, 0.15) is 45.0 Å². The predicted molar refractivity (Wildman–Crippen MR) is 96.9 cm³/mol. The number of carbonyl (C=O) groups excluding carboxylic acids is 1. The number of hydrogen-bond acceptors (Lipinski definition) is 4. The summed E-state index contributed by atoms with van der Waals surface area (Å²) in [6, 6.07) is 9.47. The van der Waals surface area contributed by atoms with Gasteiger partial charge in [0.1, 0.15) is 5.75 Å². The Morgan fingerprint density at radius 3 is 2.54 bits per heavy atom. The van der Waals surface area contributed by atoms with E-state index in [1.807, 2.05) is 58.9 Å². The summed E-state index contributed by atoms with van der Waals surface area (Å²) in [5, 5.41) is 6.20. The first kappa shape index (κ1) is 17.8. The summed E-state index contributed by atoms with van der Waals surface area (Å²) < 4.78 is 5.80. The molecule has 2 N–H and O–H groups in total. The first-order valence-electron chi connectivity index (χ1n) is 8.05. The van der Waals surface area contributed by atoms with Crippen molar-refractivity contribution >= 4 is 17.3 Å². The van der Waals surface area contributed by atoms with Crippen LogP contribution in [0.15, 0.2) is 42.7 Å². The van der Waals surface area contributed by atoms with Crippen LogP contribution in [-0.4, -0.2) is 22.5 Å². The largest absolute Gasteiger partial charge is 0.489 e. The van der Waals surface area contributed by atoms with E-state index < -0.39 is 0 Å². The van der Waals surface area contributed by atoms with Crippen LogP contribution in [0.5, 0.6) is 5.75 Å². The molecular weight excluding hydrogens is 302 g/mol. The van der Waals surface area contributed by atoms with Gasteiger partial charge in [0.2, 0.25) is 0 Å². The van der Waals surface area contributed by atoms with Gasteiger partial charge in [-0.3, -0.25) is 9.78 Å². The maximum absolute atomic E-state index is 12.3. The summed E-state index contributed by atoms with van der Waals surface area (Å²) in [5.41, 5.74) is 1.79. The minimum absolute atomic E-state index is 0.0787. The van der Waals surface area contributed by atoms with E-state index in [2.05, 4.69) is 15.6 Å². The maximum Gasteiger partial charge on any atom is 0.253 e. The second-order valence-electron chi connectivity index (χ2n) is 6.95. The fraction of sp³-hybridized carbons (Fsp3) is 0.368. The second-order valence-corrected chi connectivity index (χ2v) is 6.95. The van der Waals surface area contributed by atoms with Crippen LogP contribution in [0, 0.1) is 0 Å². The third kappa shape index (κ3) is 5.26.